The lowest BCUT2D eigenvalue weighted by Crippen LogP contribution is -1.95. The van der Waals surface area contributed by atoms with Crippen LogP contribution in [0.2, 0.25) is 0 Å². The molecule has 4 rings (SSSR count). The van der Waals surface area contributed by atoms with Crippen LogP contribution in [-0.4, -0.2) is 75.5 Å². The van der Waals surface area contributed by atoms with Crippen molar-refractivity contribution >= 4 is 35.8 Å². The van der Waals surface area contributed by atoms with Crippen molar-refractivity contribution in [3.8, 4) is 0 Å². The van der Waals surface area contributed by atoms with Crippen LogP contribution in [-0.2, 0) is 57.2 Å². The smallest absolute Gasteiger partial charge is 0.302 e. The fourth-order valence-corrected chi connectivity index (χ4v) is 5.46. The van der Waals surface area contributed by atoms with Gasteiger partial charge >= 0.3 is 35.8 Å². The molecule has 4 aliphatic carbocycles. The molecule has 4 aliphatic rings. The first-order chi connectivity index (χ1) is 28.6. The van der Waals surface area contributed by atoms with Gasteiger partial charge in [0, 0.05) is 41.5 Å². The third-order valence-corrected chi connectivity index (χ3v) is 8.09. The summed E-state index contributed by atoms with van der Waals surface area (Å²) in [6.07, 6.45) is 36.0. The molecular weight excluding hydrogens is 769 g/mol. The van der Waals surface area contributed by atoms with E-state index < -0.39 is 0 Å². The van der Waals surface area contributed by atoms with Crippen LogP contribution >= 0.6 is 0 Å². The van der Waals surface area contributed by atoms with Crippen molar-refractivity contribution in [2.24, 2.45) is 0 Å². The van der Waals surface area contributed by atoms with Gasteiger partial charge in [-0.1, -0.05) is 154 Å². The molecule has 0 radical (unpaired) electrons. The lowest BCUT2D eigenvalue weighted by molar-refractivity contribution is -0.141. The van der Waals surface area contributed by atoms with Crippen LogP contribution in [0.4, 0.5) is 0 Å². The Hall–Kier alpha value is -3.18. The van der Waals surface area contributed by atoms with Gasteiger partial charge in [0.05, 0.1) is 39.6 Å². The van der Waals surface area contributed by atoms with E-state index in [1.807, 2.05) is 0 Å². The van der Waals surface area contributed by atoms with E-state index in [1.54, 1.807) is 41.5 Å². The number of rotatable bonds is 6. The molecule has 4 fully saturated rings. The monoisotopic (exact) mass is 865 g/mol. The van der Waals surface area contributed by atoms with Crippen molar-refractivity contribution in [1.82, 2.24) is 0 Å². The third-order valence-electron chi connectivity index (χ3n) is 8.09. The van der Waals surface area contributed by atoms with Crippen molar-refractivity contribution < 1.29 is 57.2 Å². The second-order valence-corrected chi connectivity index (χ2v) is 14.0. The first-order valence-electron chi connectivity index (χ1n) is 23.4. The summed E-state index contributed by atoms with van der Waals surface area (Å²) < 4.78 is 26.4. The summed E-state index contributed by atoms with van der Waals surface area (Å²) in [5, 5.41) is 0. The molecule has 12 heteroatoms. The van der Waals surface area contributed by atoms with Gasteiger partial charge in [0.2, 0.25) is 0 Å². The minimum atomic E-state index is -0.211. The van der Waals surface area contributed by atoms with Crippen molar-refractivity contribution in [1.29, 1.82) is 0 Å². The number of hydrogen-bond donors (Lipinski definition) is 0. The van der Waals surface area contributed by atoms with Crippen LogP contribution in [0.1, 0.15) is 237 Å². The SMILES string of the molecule is C1CCCCC1.C1CCCCC1.C1CCCCC1.C1CCCCC1.CCOC(C)=O.CCOC(C)=O.CCOC(C)=O.CCOC(C)=O.CCOC(C)=O.CCOC(C)=O. The van der Waals surface area contributed by atoms with Crippen LogP contribution < -0.4 is 0 Å². The number of carbonyl (C=O) groups excluding carboxylic acids is 6. The molecule has 360 valence electrons. The van der Waals surface area contributed by atoms with Crippen LogP contribution in [0.5, 0.6) is 0 Å². The highest BCUT2D eigenvalue weighted by molar-refractivity contribution is 5.67. The number of hydrogen-bond acceptors (Lipinski definition) is 12. The van der Waals surface area contributed by atoms with Crippen LogP contribution in [0.25, 0.3) is 0 Å². The second kappa shape index (κ2) is 65.0. The highest BCUT2D eigenvalue weighted by Crippen LogP contribution is 2.17. The first-order valence-corrected chi connectivity index (χ1v) is 23.4. The maximum absolute atomic E-state index is 9.82. The lowest BCUT2D eigenvalue weighted by Gasteiger charge is -2.05. The Labute approximate surface area is 369 Å². The van der Waals surface area contributed by atoms with Gasteiger partial charge in [-0.15, -0.1) is 0 Å². The van der Waals surface area contributed by atoms with Gasteiger partial charge in [0.25, 0.3) is 0 Å². The Morgan fingerprint density at radius 1 is 0.217 bits per heavy atom. The van der Waals surface area contributed by atoms with Crippen LogP contribution in [0, 0.1) is 0 Å². The Morgan fingerprint density at radius 2 is 0.283 bits per heavy atom. The molecule has 0 atom stereocenters. The topological polar surface area (TPSA) is 158 Å². The van der Waals surface area contributed by atoms with Crippen molar-refractivity contribution in [2.45, 2.75) is 237 Å². The Bertz CT molecular complexity index is 674. The zero-order valence-corrected chi connectivity index (χ0v) is 41.1. The van der Waals surface area contributed by atoms with Gasteiger partial charge in [0.1, 0.15) is 0 Å². The van der Waals surface area contributed by atoms with Crippen molar-refractivity contribution in [3.05, 3.63) is 0 Å². The Balaban J connectivity index is -0.000000135. The molecule has 0 unspecified atom stereocenters. The molecule has 60 heavy (non-hydrogen) atoms. The molecule has 12 nitrogen and oxygen atoms in total. The summed E-state index contributed by atoms with van der Waals surface area (Å²) >= 11 is 0. The molecule has 0 saturated heterocycles. The number of carbonyl (C=O) groups is 6. The normalized spacial score (nSPS) is 14.2. The summed E-state index contributed by atoms with van der Waals surface area (Å²) in [6, 6.07) is 0. The van der Waals surface area contributed by atoms with Gasteiger partial charge in [-0.25, -0.2) is 0 Å². The minimum absolute atomic E-state index is 0.211. The lowest BCUT2D eigenvalue weighted by atomic mass is 10.0. The van der Waals surface area contributed by atoms with E-state index in [0.717, 1.165) is 0 Å². The first kappa shape index (κ1) is 68.6. The minimum Gasteiger partial charge on any atom is -0.466 e. The highest BCUT2D eigenvalue weighted by atomic mass is 16.5. The van der Waals surface area contributed by atoms with Crippen molar-refractivity contribution in [2.75, 3.05) is 39.6 Å². The van der Waals surface area contributed by atoms with E-state index >= 15 is 0 Å². The zero-order valence-electron chi connectivity index (χ0n) is 41.1. The number of esters is 6. The fraction of sp³-hybridized carbons (Fsp3) is 0.875. The summed E-state index contributed by atoms with van der Waals surface area (Å²) in [5.41, 5.74) is 0. The summed E-state index contributed by atoms with van der Waals surface area (Å²) in [7, 11) is 0. The highest BCUT2D eigenvalue weighted by Gasteiger charge is 1.97. The molecule has 0 aliphatic heterocycles. The van der Waals surface area contributed by atoms with Crippen LogP contribution in [0.3, 0.4) is 0 Å². The van der Waals surface area contributed by atoms with Crippen LogP contribution in [0.15, 0.2) is 0 Å². The predicted molar refractivity (Wildman–Crippen MR) is 245 cm³/mol. The van der Waals surface area contributed by atoms with E-state index in [4.69, 9.17) is 0 Å². The molecule has 0 bridgehead atoms. The van der Waals surface area contributed by atoms with E-state index in [0.29, 0.717) is 39.6 Å². The Morgan fingerprint density at radius 3 is 0.300 bits per heavy atom. The van der Waals surface area contributed by atoms with E-state index in [9.17, 15) is 28.8 Å². The number of ether oxygens (including phenoxy) is 6. The Kier molecular flexibility index (Phi) is 74.2. The maximum Gasteiger partial charge on any atom is 0.302 e. The molecule has 0 aromatic rings. The largest absolute Gasteiger partial charge is 0.466 e. The predicted octanol–water partition coefficient (Wildman–Crippen LogP) is 12.8. The van der Waals surface area contributed by atoms with E-state index in [2.05, 4.69) is 28.4 Å². The van der Waals surface area contributed by atoms with E-state index in [-0.39, 0.29) is 35.8 Å². The van der Waals surface area contributed by atoms with Gasteiger partial charge in [-0.2, -0.15) is 0 Å². The molecule has 0 spiro atoms. The van der Waals surface area contributed by atoms with Gasteiger partial charge in [-0.05, 0) is 41.5 Å². The third kappa shape index (κ3) is 105. The average molecular weight is 865 g/mol. The molecule has 0 aromatic carbocycles. The van der Waals surface area contributed by atoms with E-state index in [1.165, 1.54) is 196 Å². The summed E-state index contributed by atoms with van der Waals surface area (Å²) in [4.78, 5) is 58.9. The van der Waals surface area contributed by atoms with Gasteiger partial charge < -0.3 is 28.4 Å². The standard InChI is InChI=1S/4C6H12.6C4H8O2/c4*1-2-4-6-5-3-1;6*1-3-6-4(2)5/h4*1-6H2;6*3H2,1-2H3. The quantitative estimate of drug-likeness (QED) is 0.184. The molecule has 0 heterocycles. The fourth-order valence-electron chi connectivity index (χ4n) is 5.46. The van der Waals surface area contributed by atoms with Crippen molar-refractivity contribution in [3.63, 3.8) is 0 Å². The molecule has 0 N–H and O–H groups in total. The van der Waals surface area contributed by atoms with Gasteiger partial charge in [-0.3, -0.25) is 28.8 Å². The average Bonchev–Trinajstić information content (AvgIpc) is 3.22. The van der Waals surface area contributed by atoms with Gasteiger partial charge in [0.15, 0.2) is 0 Å². The summed E-state index contributed by atoms with van der Waals surface area (Å²) in [5.74, 6) is -1.26. The zero-order chi connectivity index (χ0) is 46.9. The molecule has 0 amide bonds. The molecular formula is C48H96O12. The molecule has 0 aromatic heterocycles. The molecule has 4 saturated carbocycles. The second-order valence-electron chi connectivity index (χ2n) is 14.0. The maximum atomic E-state index is 9.82. The summed E-state index contributed by atoms with van der Waals surface area (Å²) in [6.45, 7) is 21.9.